The summed E-state index contributed by atoms with van der Waals surface area (Å²) < 4.78 is 26.6. The van der Waals surface area contributed by atoms with Crippen LogP contribution in [-0.2, 0) is 11.3 Å². The van der Waals surface area contributed by atoms with E-state index in [-0.39, 0.29) is 17.9 Å². The summed E-state index contributed by atoms with van der Waals surface area (Å²) in [6.45, 7) is 4.10. The van der Waals surface area contributed by atoms with E-state index in [1.54, 1.807) is 23.6 Å². The molecule has 1 N–H and O–H groups in total. The molecule has 1 aromatic carbocycles. The number of benzene rings is 1. The van der Waals surface area contributed by atoms with E-state index in [4.69, 9.17) is 0 Å². The number of halogens is 2. The second kappa shape index (κ2) is 8.68. The average Bonchev–Trinajstić information content (AvgIpc) is 3.17. The number of rotatable bonds is 6. The van der Waals surface area contributed by atoms with Gasteiger partial charge < -0.3 is 5.32 Å². The number of amides is 1. The third kappa shape index (κ3) is 4.65. The van der Waals surface area contributed by atoms with Gasteiger partial charge in [0.05, 0.1) is 6.04 Å². The summed E-state index contributed by atoms with van der Waals surface area (Å²) in [7, 11) is 0. The van der Waals surface area contributed by atoms with Gasteiger partial charge in [-0.3, -0.25) is 9.69 Å². The summed E-state index contributed by atoms with van der Waals surface area (Å²) in [5.74, 6) is -1.37. The fourth-order valence-corrected chi connectivity index (χ4v) is 4.23. The molecule has 1 saturated heterocycles. The van der Waals surface area contributed by atoms with Crippen LogP contribution in [0.25, 0.3) is 0 Å². The molecular formula is C19H23F2N3OS. The Hall–Kier alpha value is -1.86. The zero-order valence-electron chi connectivity index (χ0n) is 14.8. The fraction of sp³-hybridized carbons (Fsp3) is 0.474. The third-order valence-corrected chi connectivity index (χ3v) is 5.62. The van der Waals surface area contributed by atoms with Crippen molar-refractivity contribution in [3.8, 4) is 0 Å². The molecule has 2 aromatic rings. The van der Waals surface area contributed by atoms with E-state index in [0.29, 0.717) is 13.0 Å². The molecule has 1 fully saturated rings. The lowest BCUT2D eigenvalue weighted by Gasteiger charge is -2.36. The fourth-order valence-electron chi connectivity index (χ4n) is 3.45. The van der Waals surface area contributed by atoms with Gasteiger partial charge in [-0.15, -0.1) is 11.3 Å². The van der Waals surface area contributed by atoms with Crippen molar-refractivity contribution < 1.29 is 13.6 Å². The zero-order valence-corrected chi connectivity index (χ0v) is 15.6. The second-order valence-corrected chi connectivity index (χ2v) is 7.58. The van der Waals surface area contributed by atoms with Crippen molar-refractivity contribution in [3.63, 3.8) is 0 Å². The van der Waals surface area contributed by atoms with Crippen LogP contribution in [-0.4, -0.2) is 28.9 Å². The van der Waals surface area contributed by atoms with Crippen LogP contribution < -0.4 is 5.32 Å². The van der Waals surface area contributed by atoms with Crippen LogP contribution in [0.15, 0.2) is 29.8 Å². The second-order valence-electron chi connectivity index (χ2n) is 6.65. The molecule has 3 rings (SSSR count). The van der Waals surface area contributed by atoms with Gasteiger partial charge in [-0.2, -0.15) is 0 Å². The maximum Gasteiger partial charge on any atom is 0.220 e. The predicted molar refractivity (Wildman–Crippen MR) is 97.6 cm³/mol. The van der Waals surface area contributed by atoms with Gasteiger partial charge in [-0.1, -0.05) is 13.0 Å². The lowest BCUT2D eigenvalue weighted by Crippen LogP contribution is -2.42. The summed E-state index contributed by atoms with van der Waals surface area (Å²) in [5, 5.41) is 5.95. The first-order chi connectivity index (χ1) is 12.6. The van der Waals surface area contributed by atoms with Crippen LogP contribution >= 0.6 is 11.3 Å². The van der Waals surface area contributed by atoms with Crippen molar-refractivity contribution in [1.82, 2.24) is 15.2 Å². The van der Waals surface area contributed by atoms with Gasteiger partial charge >= 0.3 is 0 Å². The highest BCUT2D eigenvalue weighted by Crippen LogP contribution is 2.31. The molecule has 1 aliphatic rings. The molecule has 140 valence electrons. The number of piperidine rings is 1. The average molecular weight is 379 g/mol. The van der Waals surface area contributed by atoms with E-state index < -0.39 is 11.6 Å². The molecule has 0 unspecified atom stereocenters. The minimum atomic E-state index is -0.823. The van der Waals surface area contributed by atoms with Crippen molar-refractivity contribution in [2.45, 2.75) is 38.8 Å². The van der Waals surface area contributed by atoms with Gasteiger partial charge in [0.25, 0.3) is 0 Å². The highest BCUT2D eigenvalue weighted by Gasteiger charge is 2.31. The highest BCUT2D eigenvalue weighted by atomic mass is 32.1. The van der Waals surface area contributed by atoms with Crippen LogP contribution in [0, 0.1) is 17.6 Å². The molecule has 0 bridgehead atoms. The van der Waals surface area contributed by atoms with Crippen LogP contribution in [0.1, 0.15) is 42.8 Å². The molecule has 0 spiro atoms. The minimum Gasteiger partial charge on any atom is -0.347 e. The van der Waals surface area contributed by atoms with E-state index in [0.717, 1.165) is 36.5 Å². The number of aromatic nitrogens is 1. The van der Waals surface area contributed by atoms with Crippen molar-refractivity contribution >= 4 is 17.2 Å². The Bertz CT molecular complexity index is 738. The SMILES string of the molecule is CCC(=O)N[C@@H](c1nccs1)[C@@H]1CCCN(Cc2ccc(F)c(F)c2)C1. The number of likely N-dealkylation sites (tertiary alicyclic amines) is 1. The van der Waals surface area contributed by atoms with E-state index >= 15 is 0 Å². The molecule has 0 radical (unpaired) electrons. The van der Waals surface area contributed by atoms with Gasteiger partial charge in [0.15, 0.2) is 11.6 Å². The van der Waals surface area contributed by atoms with E-state index in [2.05, 4.69) is 15.2 Å². The topological polar surface area (TPSA) is 45.2 Å². The normalized spacial score (nSPS) is 19.3. The van der Waals surface area contributed by atoms with E-state index in [1.807, 2.05) is 12.3 Å². The van der Waals surface area contributed by atoms with Crippen molar-refractivity contribution in [2.75, 3.05) is 13.1 Å². The Morgan fingerprint density at radius 2 is 2.27 bits per heavy atom. The van der Waals surface area contributed by atoms with Crippen molar-refractivity contribution in [3.05, 3.63) is 52.0 Å². The van der Waals surface area contributed by atoms with Gasteiger partial charge in [0.1, 0.15) is 5.01 Å². The molecule has 1 aromatic heterocycles. The first-order valence-corrected chi connectivity index (χ1v) is 9.79. The summed E-state index contributed by atoms with van der Waals surface area (Å²) in [6, 6.07) is 3.96. The molecule has 1 aliphatic heterocycles. The van der Waals surface area contributed by atoms with E-state index in [9.17, 15) is 13.6 Å². The minimum absolute atomic E-state index is 0.0166. The smallest absolute Gasteiger partial charge is 0.220 e. The number of hydrogen-bond acceptors (Lipinski definition) is 4. The number of carbonyl (C=O) groups excluding carboxylic acids is 1. The molecule has 2 atom stereocenters. The maximum atomic E-state index is 13.5. The Morgan fingerprint density at radius 1 is 1.42 bits per heavy atom. The molecule has 7 heteroatoms. The number of carbonyl (C=O) groups is 1. The van der Waals surface area contributed by atoms with Gasteiger partial charge in [0.2, 0.25) is 5.91 Å². The molecule has 0 saturated carbocycles. The Kier molecular flexibility index (Phi) is 6.32. The number of thiazole rings is 1. The monoisotopic (exact) mass is 379 g/mol. The first kappa shape index (κ1) is 18.9. The summed E-state index contributed by atoms with van der Waals surface area (Å²) in [6.07, 6.45) is 4.20. The van der Waals surface area contributed by atoms with Crippen molar-refractivity contribution in [1.29, 1.82) is 0 Å². The Balaban J connectivity index is 1.70. The molecule has 26 heavy (non-hydrogen) atoms. The van der Waals surface area contributed by atoms with Crippen LogP contribution in [0.4, 0.5) is 8.78 Å². The molecule has 4 nitrogen and oxygen atoms in total. The van der Waals surface area contributed by atoms with E-state index in [1.165, 1.54) is 12.1 Å². The molecular weight excluding hydrogens is 356 g/mol. The standard InChI is InChI=1S/C19H23F2N3OS/c1-2-17(25)23-18(19-22-7-9-26-19)14-4-3-8-24(12-14)11-13-5-6-15(20)16(21)10-13/h5-7,9-10,14,18H,2-4,8,11-12H2,1H3,(H,23,25)/t14-,18-/m1/s1. The summed E-state index contributed by atoms with van der Waals surface area (Å²) in [4.78, 5) is 18.6. The Labute approximate surface area is 156 Å². The predicted octanol–water partition coefficient (Wildman–Crippen LogP) is 3.90. The van der Waals surface area contributed by atoms with Gasteiger partial charge in [-0.05, 0) is 43.0 Å². The van der Waals surface area contributed by atoms with Crippen LogP contribution in [0.3, 0.4) is 0 Å². The highest BCUT2D eigenvalue weighted by molar-refractivity contribution is 7.09. The van der Waals surface area contributed by atoms with Crippen molar-refractivity contribution in [2.24, 2.45) is 5.92 Å². The van der Waals surface area contributed by atoms with Crippen LogP contribution in [0.5, 0.6) is 0 Å². The quantitative estimate of drug-likeness (QED) is 0.828. The van der Waals surface area contributed by atoms with Crippen LogP contribution in [0.2, 0.25) is 0 Å². The summed E-state index contributed by atoms with van der Waals surface area (Å²) >= 11 is 1.55. The number of nitrogens with zero attached hydrogens (tertiary/aromatic N) is 2. The first-order valence-electron chi connectivity index (χ1n) is 8.92. The molecule has 1 amide bonds. The lowest BCUT2D eigenvalue weighted by molar-refractivity contribution is -0.122. The van der Waals surface area contributed by atoms with Gasteiger partial charge in [0, 0.05) is 31.1 Å². The number of hydrogen-bond donors (Lipinski definition) is 1. The molecule has 0 aliphatic carbocycles. The number of nitrogens with one attached hydrogen (secondary N) is 1. The largest absolute Gasteiger partial charge is 0.347 e. The lowest BCUT2D eigenvalue weighted by atomic mass is 9.90. The summed E-state index contributed by atoms with van der Waals surface area (Å²) in [5.41, 5.74) is 0.757. The molecule has 2 heterocycles. The third-order valence-electron chi connectivity index (χ3n) is 4.76. The maximum absolute atomic E-state index is 13.5. The van der Waals surface area contributed by atoms with Gasteiger partial charge in [-0.25, -0.2) is 13.8 Å². The zero-order chi connectivity index (χ0) is 18.5. The Morgan fingerprint density at radius 3 is 2.96 bits per heavy atom.